The number of benzene rings is 1. The average Bonchev–Trinajstić information content (AvgIpc) is 3.39. The molecule has 4 rings (SSSR count). The van der Waals surface area contributed by atoms with Gasteiger partial charge in [-0.15, -0.1) is 0 Å². The number of urea groups is 1. The predicted molar refractivity (Wildman–Crippen MR) is 108 cm³/mol. The molecule has 2 aromatic rings. The molecule has 1 aromatic heterocycles. The largest absolute Gasteiger partial charge is 0.454 e. The lowest BCUT2D eigenvalue weighted by atomic mass is 10.1. The van der Waals surface area contributed by atoms with E-state index in [1.165, 1.54) is 10.7 Å². The molecule has 2 aliphatic heterocycles. The number of nitrogens with zero attached hydrogens (tertiary/aromatic N) is 4. The second kappa shape index (κ2) is 8.14. The van der Waals surface area contributed by atoms with Crippen LogP contribution in [0.5, 0.6) is 11.5 Å². The van der Waals surface area contributed by atoms with Crippen LogP contribution in [0.1, 0.15) is 26.7 Å². The van der Waals surface area contributed by atoms with Crippen LogP contribution in [0.3, 0.4) is 0 Å². The molecule has 8 heteroatoms. The molecular formula is C21H26N4O4. The summed E-state index contributed by atoms with van der Waals surface area (Å²) in [7, 11) is 0. The first-order chi connectivity index (χ1) is 14.1. The quantitative estimate of drug-likeness (QED) is 0.774. The molecule has 0 N–H and O–H groups in total. The molecule has 1 atom stereocenters. The Morgan fingerprint density at radius 2 is 1.97 bits per heavy atom. The van der Waals surface area contributed by atoms with Crippen molar-refractivity contribution in [1.29, 1.82) is 0 Å². The van der Waals surface area contributed by atoms with Gasteiger partial charge >= 0.3 is 6.03 Å². The van der Waals surface area contributed by atoms with Gasteiger partial charge in [0.05, 0.1) is 18.3 Å². The molecule has 0 spiro atoms. The number of ether oxygens (including phenoxy) is 2. The predicted octanol–water partition coefficient (Wildman–Crippen LogP) is 2.57. The number of carbonyl (C=O) groups excluding carboxylic acids is 1. The molecule has 1 fully saturated rings. The van der Waals surface area contributed by atoms with E-state index < -0.39 is 0 Å². The normalized spacial score (nSPS) is 17.6. The standard InChI is InChI=1S/C21H26N4O4/c1-3-23(4-2)21(27)24-11-5-6-16(24)13-25-20(26)10-8-17(22-25)15-7-9-18-19(12-15)29-14-28-18/h7-10,12,16H,3-6,11,13-14H2,1-2H3/t16-/m0/s1. The topological polar surface area (TPSA) is 76.9 Å². The van der Waals surface area contributed by atoms with Crippen LogP contribution in [-0.4, -0.2) is 58.1 Å². The Labute approximate surface area is 169 Å². The lowest BCUT2D eigenvalue weighted by Gasteiger charge is -2.30. The maximum absolute atomic E-state index is 12.8. The molecule has 29 heavy (non-hydrogen) atoms. The Bertz CT molecular complexity index is 954. The van der Waals surface area contributed by atoms with E-state index in [4.69, 9.17) is 9.47 Å². The minimum absolute atomic E-state index is 0.0275. The molecular weight excluding hydrogens is 372 g/mol. The highest BCUT2D eigenvalue weighted by atomic mass is 16.7. The Balaban J connectivity index is 1.57. The van der Waals surface area contributed by atoms with Crippen molar-refractivity contribution in [3.8, 4) is 22.8 Å². The summed E-state index contributed by atoms with van der Waals surface area (Å²) in [6.07, 6.45) is 1.81. The Hall–Kier alpha value is -3.03. The Kier molecular flexibility index (Phi) is 5.42. The zero-order valence-corrected chi connectivity index (χ0v) is 16.8. The number of amides is 2. The van der Waals surface area contributed by atoms with E-state index in [1.807, 2.05) is 41.8 Å². The lowest BCUT2D eigenvalue weighted by molar-refractivity contribution is 0.147. The third-order valence-electron chi connectivity index (χ3n) is 5.58. The number of fused-ring (bicyclic) bond motifs is 1. The van der Waals surface area contributed by atoms with Crippen molar-refractivity contribution in [2.45, 2.75) is 39.3 Å². The molecule has 1 aromatic carbocycles. The number of likely N-dealkylation sites (tertiary alicyclic amines) is 1. The molecule has 0 saturated carbocycles. The SMILES string of the molecule is CCN(CC)C(=O)N1CCC[C@H]1Cn1nc(-c2ccc3c(c2)OCO3)ccc1=O. The van der Waals surface area contributed by atoms with E-state index in [-0.39, 0.29) is 24.4 Å². The van der Waals surface area contributed by atoms with Crippen molar-refractivity contribution in [2.75, 3.05) is 26.4 Å². The maximum Gasteiger partial charge on any atom is 0.320 e. The number of hydrogen-bond donors (Lipinski definition) is 0. The maximum atomic E-state index is 12.8. The van der Waals surface area contributed by atoms with Crippen LogP contribution in [0, 0.1) is 0 Å². The first kappa shape index (κ1) is 19.3. The second-order valence-corrected chi connectivity index (χ2v) is 7.25. The van der Waals surface area contributed by atoms with Crippen LogP contribution >= 0.6 is 0 Å². The van der Waals surface area contributed by atoms with Crippen molar-refractivity contribution in [1.82, 2.24) is 19.6 Å². The molecule has 2 amide bonds. The van der Waals surface area contributed by atoms with Crippen LogP contribution in [0.4, 0.5) is 4.79 Å². The smallest absolute Gasteiger partial charge is 0.320 e. The van der Waals surface area contributed by atoms with Gasteiger partial charge in [-0.2, -0.15) is 5.10 Å². The van der Waals surface area contributed by atoms with Gasteiger partial charge in [0.2, 0.25) is 6.79 Å². The summed E-state index contributed by atoms with van der Waals surface area (Å²) in [5, 5.41) is 4.57. The number of aromatic nitrogens is 2. The highest BCUT2D eigenvalue weighted by molar-refractivity contribution is 5.75. The highest BCUT2D eigenvalue weighted by Gasteiger charge is 2.31. The van der Waals surface area contributed by atoms with E-state index in [9.17, 15) is 9.59 Å². The van der Waals surface area contributed by atoms with Crippen molar-refractivity contribution >= 4 is 6.03 Å². The zero-order valence-electron chi connectivity index (χ0n) is 16.8. The fourth-order valence-electron chi connectivity index (χ4n) is 3.94. The second-order valence-electron chi connectivity index (χ2n) is 7.25. The summed E-state index contributed by atoms with van der Waals surface area (Å²) >= 11 is 0. The number of carbonyl (C=O) groups is 1. The summed E-state index contributed by atoms with van der Waals surface area (Å²) < 4.78 is 12.3. The van der Waals surface area contributed by atoms with Gasteiger partial charge in [0.15, 0.2) is 11.5 Å². The molecule has 0 aliphatic carbocycles. The van der Waals surface area contributed by atoms with Gasteiger partial charge in [-0.3, -0.25) is 4.79 Å². The molecule has 2 aliphatic rings. The Morgan fingerprint density at radius 1 is 1.17 bits per heavy atom. The van der Waals surface area contributed by atoms with Crippen LogP contribution in [0.2, 0.25) is 0 Å². The van der Waals surface area contributed by atoms with Gasteiger partial charge in [0, 0.05) is 31.3 Å². The number of hydrogen-bond acceptors (Lipinski definition) is 5. The molecule has 154 valence electrons. The molecule has 0 unspecified atom stereocenters. The van der Waals surface area contributed by atoms with Crippen molar-refractivity contribution in [3.63, 3.8) is 0 Å². The van der Waals surface area contributed by atoms with Crippen LogP contribution < -0.4 is 15.0 Å². The minimum atomic E-state index is -0.170. The van der Waals surface area contributed by atoms with Crippen molar-refractivity contribution < 1.29 is 14.3 Å². The zero-order chi connectivity index (χ0) is 20.4. The van der Waals surface area contributed by atoms with Gasteiger partial charge in [0.1, 0.15) is 0 Å². The fraction of sp³-hybridized carbons (Fsp3) is 0.476. The lowest BCUT2D eigenvalue weighted by Crippen LogP contribution is -2.47. The average molecular weight is 398 g/mol. The van der Waals surface area contributed by atoms with Gasteiger partial charge < -0.3 is 19.3 Å². The van der Waals surface area contributed by atoms with Crippen LogP contribution in [-0.2, 0) is 6.54 Å². The van der Waals surface area contributed by atoms with E-state index in [2.05, 4.69) is 5.10 Å². The van der Waals surface area contributed by atoms with Crippen molar-refractivity contribution in [3.05, 3.63) is 40.7 Å². The molecule has 8 nitrogen and oxygen atoms in total. The first-order valence-electron chi connectivity index (χ1n) is 10.1. The third-order valence-corrected chi connectivity index (χ3v) is 5.58. The first-order valence-corrected chi connectivity index (χ1v) is 10.1. The summed E-state index contributed by atoms with van der Waals surface area (Å²) in [6, 6.07) is 8.86. The fourth-order valence-corrected chi connectivity index (χ4v) is 3.94. The molecule has 1 saturated heterocycles. The van der Waals surface area contributed by atoms with Crippen LogP contribution in [0.15, 0.2) is 35.1 Å². The summed E-state index contributed by atoms with van der Waals surface area (Å²) in [6.45, 7) is 6.64. The molecule has 0 radical (unpaired) electrons. The van der Waals surface area contributed by atoms with Gasteiger partial charge in [-0.1, -0.05) is 0 Å². The van der Waals surface area contributed by atoms with Crippen molar-refractivity contribution in [2.24, 2.45) is 0 Å². The summed E-state index contributed by atoms with van der Waals surface area (Å²) in [5.74, 6) is 1.38. The van der Waals surface area contributed by atoms with Gasteiger partial charge in [-0.05, 0) is 51.0 Å². The monoisotopic (exact) mass is 398 g/mol. The van der Waals surface area contributed by atoms with Gasteiger partial charge in [-0.25, -0.2) is 9.48 Å². The molecule has 0 bridgehead atoms. The van der Waals surface area contributed by atoms with Gasteiger partial charge in [0.25, 0.3) is 5.56 Å². The van der Waals surface area contributed by atoms with E-state index in [0.717, 1.165) is 24.9 Å². The van der Waals surface area contributed by atoms with Crippen LogP contribution in [0.25, 0.3) is 11.3 Å². The minimum Gasteiger partial charge on any atom is -0.454 e. The van der Waals surface area contributed by atoms with E-state index in [0.29, 0.717) is 36.8 Å². The Morgan fingerprint density at radius 3 is 2.76 bits per heavy atom. The molecule has 3 heterocycles. The van der Waals surface area contributed by atoms with E-state index in [1.54, 1.807) is 6.07 Å². The number of rotatable bonds is 5. The highest BCUT2D eigenvalue weighted by Crippen LogP contribution is 2.35. The van der Waals surface area contributed by atoms with E-state index >= 15 is 0 Å². The third kappa shape index (κ3) is 3.79. The summed E-state index contributed by atoms with van der Waals surface area (Å²) in [5.41, 5.74) is 1.37. The summed E-state index contributed by atoms with van der Waals surface area (Å²) in [4.78, 5) is 29.0.